The van der Waals surface area contributed by atoms with E-state index in [0.717, 1.165) is 23.6 Å². The number of methoxy groups -OCH3 is 1. The monoisotopic (exact) mass is 400 g/mol. The molecule has 0 saturated carbocycles. The van der Waals surface area contributed by atoms with Crippen LogP contribution in [-0.4, -0.2) is 25.5 Å². The second-order valence-corrected chi connectivity index (χ2v) is 8.93. The van der Waals surface area contributed by atoms with E-state index in [4.69, 9.17) is 14.2 Å². The third-order valence-corrected chi connectivity index (χ3v) is 4.96. The quantitative estimate of drug-likeness (QED) is 0.448. The third kappa shape index (κ3) is 5.36. The molecule has 0 amide bonds. The van der Waals surface area contributed by atoms with Crippen LogP contribution in [0.4, 0.5) is 0 Å². The Bertz CT molecular complexity index is 876. The Morgan fingerprint density at radius 2 is 1.55 bits per heavy atom. The standard InChI is InChI=1S/C24H32O5/c1-8-15-24(5,6)19-14-13-18(16-11-9-10-12-17(16)19)20(25)28-22(27-7)29-21(26)23(2,3)4/h9-14,22H,8,15H2,1-7H3. The van der Waals surface area contributed by atoms with Crippen molar-refractivity contribution in [2.75, 3.05) is 7.11 Å². The number of carbonyl (C=O) groups is 2. The van der Waals surface area contributed by atoms with Crippen molar-refractivity contribution in [2.45, 2.75) is 66.3 Å². The molecule has 0 radical (unpaired) electrons. The lowest BCUT2D eigenvalue weighted by Crippen LogP contribution is -2.32. The van der Waals surface area contributed by atoms with Crippen LogP contribution in [0.3, 0.4) is 0 Å². The van der Waals surface area contributed by atoms with Crippen molar-refractivity contribution >= 4 is 22.7 Å². The molecule has 1 unspecified atom stereocenters. The van der Waals surface area contributed by atoms with E-state index in [1.54, 1.807) is 26.8 Å². The molecule has 29 heavy (non-hydrogen) atoms. The fourth-order valence-electron chi connectivity index (χ4n) is 3.36. The van der Waals surface area contributed by atoms with Crippen LogP contribution in [0, 0.1) is 5.41 Å². The first-order valence-corrected chi connectivity index (χ1v) is 9.98. The number of carbonyl (C=O) groups excluding carboxylic acids is 2. The van der Waals surface area contributed by atoms with Gasteiger partial charge in [-0.1, -0.05) is 57.5 Å². The van der Waals surface area contributed by atoms with Gasteiger partial charge in [0.05, 0.1) is 11.0 Å². The molecular formula is C24H32O5. The zero-order valence-corrected chi connectivity index (χ0v) is 18.5. The molecule has 0 saturated heterocycles. The van der Waals surface area contributed by atoms with Gasteiger partial charge < -0.3 is 14.2 Å². The minimum absolute atomic E-state index is 0.0198. The first-order chi connectivity index (χ1) is 13.5. The highest BCUT2D eigenvalue weighted by Gasteiger charge is 2.29. The molecule has 5 heteroatoms. The van der Waals surface area contributed by atoms with E-state index < -0.39 is 23.8 Å². The first kappa shape index (κ1) is 22.9. The van der Waals surface area contributed by atoms with Gasteiger partial charge >= 0.3 is 18.4 Å². The van der Waals surface area contributed by atoms with Gasteiger partial charge in [-0.05, 0) is 55.0 Å². The number of hydrogen-bond acceptors (Lipinski definition) is 5. The molecule has 0 heterocycles. The molecule has 0 aliphatic heterocycles. The molecule has 158 valence electrons. The third-order valence-electron chi connectivity index (χ3n) is 4.96. The Morgan fingerprint density at radius 1 is 0.931 bits per heavy atom. The summed E-state index contributed by atoms with van der Waals surface area (Å²) in [7, 11) is 1.32. The maximum Gasteiger partial charge on any atom is 0.365 e. The van der Waals surface area contributed by atoms with Gasteiger partial charge in [-0.2, -0.15) is 0 Å². The van der Waals surface area contributed by atoms with E-state index in [1.165, 1.54) is 12.7 Å². The fourth-order valence-corrected chi connectivity index (χ4v) is 3.36. The molecule has 2 aromatic rings. The molecule has 0 spiro atoms. The molecule has 0 aliphatic rings. The van der Waals surface area contributed by atoms with Crippen molar-refractivity contribution in [3.8, 4) is 0 Å². The van der Waals surface area contributed by atoms with Gasteiger partial charge in [-0.25, -0.2) is 4.79 Å². The van der Waals surface area contributed by atoms with Crippen LogP contribution in [0.5, 0.6) is 0 Å². The molecule has 0 N–H and O–H groups in total. The summed E-state index contributed by atoms with van der Waals surface area (Å²) in [5.41, 5.74) is 0.843. The average molecular weight is 401 g/mol. The van der Waals surface area contributed by atoms with Crippen LogP contribution >= 0.6 is 0 Å². The zero-order valence-electron chi connectivity index (χ0n) is 18.5. The average Bonchev–Trinajstić information content (AvgIpc) is 2.65. The van der Waals surface area contributed by atoms with Gasteiger partial charge in [0.25, 0.3) is 0 Å². The summed E-state index contributed by atoms with van der Waals surface area (Å²) in [6.45, 7) is 10.3. The Morgan fingerprint density at radius 3 is 2.10 bits per heavy atom. The molecule has 2 rings (SSSR count). The molecule has 2 aromatic carbocycles. The summed E-state index contributed by atoms with van der Waals surface area (Å²) < 4.78 is 15.5. The van der Waals surface area contributed by atoms with Crippen LogP contribution in [-0.2, 0) is 24.4 Å². The Kier molecular flexibility index (Phi) is 7.06. The summed E-state index contributed by atoms with van der Waals surface area (Å²) in [6.07, 6.45) is 2.11. The summed E-state index contributed by atoms with van der Waals surface area (Å²) >= 11 is 0. The predicted molar refractivity (Wildman–Crippen MR) is 114 cm³/mol. The first-order valence-electron chi connectivity index (χ1n) is 9.98. The summed E-state index contributed by atoms with van der Waals surface area (Å²) in [4.78, 5) is 24.9. The second kappa shape index (κ2) is 8.95. The number of rotatable bonds is 7. The van der Waals surface area contributed by atoms with Gasteiger partial charge in [-0.15, -0.1) is 0 Å². The number of benzene rings is 2. The highest BCUT2D eigenvalue weighted by atomic mass is 16.9. The highest BCUT2D eigenvalue weighted by molar-refractivity contribution is 6.05. The Hall–Kier alpha value is -2.40. The van der Waals surface area contributed by atoms with Gasteiger partial charge in [0, 0.05) is 7.11 Å². The number of esters is 2. The van der Waals surface area contributed by atoms with Crippen molar-refractivity contribution in [1.29, 1.82) is 0 Å². The molecule has 0 bridgehead atoms. The van der Waals surface area contributed by atoms with Crippen molar-refractivity contribution < 1.29 is 23.8 Å². The Labute approximate surface area is 173 Å². The number of ether oxygens (including phenoxy) is 3. The maximum absolute atomic E-state index is 12.9. The van der Waals surface area contributed by atoms with Crippen molar-refractivity contribution in [3.63, 3.8) is 0 Å². The largest absolute Gasteiger partial charge is 0.400 e. The van der Waals surface area contributed by atoms with Crippen LogP contribution in [0.1, 0.15) is 70.3 Å². The summed E-state index contributed by atoms with van der Waals surface area (Å²) in [6, 6.07) is 11.5. The smallest absolute Gasteiger partial charge is 0.365 e. The zero-order chi connectivity index (χ0) is 21.8. The van der Waals surface area contributed by atoms with Crippen molar-refractivity contribution in [1.82, 2.24) is 0 Å². The molecular weight excluding hydrogens is 368 g/mol. The minimum Gasteiger partial charge on any atom is -0.400 e. The van der Waals surface area contributed by atoms with E-state index in [1.807, 2.05) is 30.3 Å². The molecule has 0 aromatic heterocycles. The summed E-state index contributed by atoms with van der Waals surface area (Å²) in [5.74, 6) is -1.12. The maximum atomic E-state index is 12.9. The van der Waals surface area contributed by atoms with Gasteiger partial charge in [-0.3, -0.25) is 4.79 Å². The van der Waals surface area contributed by atoms with Gasteiger partial charge in [0.2, 0.25) is 0 Å². The van der Waals surface area contributed by atoms with Crippen molar-refractivity contribution in [2.24, 2.45) is 5.41 Å². The normalized spacial score (nSPS) is 13.2. The number of fused-ring (bicyclic) bond motifs is 1. The minimum atomic E-state index is -1.40. The van der Waals surface area contributed by atoms with Crippen LogP contribution < -0.4 is 0 Å². The second-order valence-electron chi connectivity index (χ2n) is 8.93. The fraction of sp³-hybridized carbons (Fsp3) is 0.500. The van der Waals surface area contributed by atoms with Crippen LogP contribution in [0.2, 0.25) is 0 Å². The number of hydrogen-bond donors (Lipinski definition) is 0. The predicted octanol–water partition coefficient (Wildman–Crippen LogP) is 5.59. The SMILES string of the molecule is CCCC(C)(C)c1ccc(C(=O)OC(OC)OC(=O)C(C)(C)C)c2ccccc12. The van der Waals surface area contributed by atoms with E-state index in [9.17, 15) is 9.59 Å². The van der Waals surface area contributed by atoms with Crippen LogP contribution in [0.15, 0.2) is 36.4 Å². The Balaban J connectivity index is 2.36. The highest BCUT2D eigenvalue weighted by Crippen LogP contribution is 2.35. The summed E-state index contributed by atoms with van der Waals surface area (Å²) in [5, 5.41) is 1.82. The van der Waals surface area contributed by atoms with E-state index in [0.29, 0.717) is 5.56 Å². The topological polar surface area (TPSA) is 61.8 Å². The lowest BCUT2D eigenvalue weighted by atomic mass is 9.78. The lowest BCUT2D eigenvalue weighted by Gasteiger charge is -2.27. The molecule has 5 nitrogen and oxygen atoms in total. The lowest BCUT2D eigenvalue weighted by molar-refractivity contribution is -0.247. The van der Waals surface area contributed by atoms with Gasteiger partial charge in [0.15, 0.2) is 0 Å². The van der Waals surface area contributed by atoms with Gasteiger partial charge in [0.1, 0.15) is 0 Å². The van der Waals surface area contributed by atoms with Crippen LogP contribution in [0.25, 0.3) is 10.8 Å². The van der Waals surface area contributed by atoms with Crippen molar-refractivity contribution in [3.05, 3.63) is 47.5 Å². The van der Waals surface area contributed by atoms with E-state index in [2.05, 4.69) is 20.8 Å². The molecule has 0 aliphatic carbocycles. The van der Waals surface area contributed by atoms with E-state index >= 15 is 0 Å². The molecule has 1 atom stereocenters. The van der Waals surface area contributed by atoms with E-state index in [-0.39, 0.29) is 5.41 Å². The molecule has 0 fully saturated rings.